The molecule has 3 aromatic rings. The molecule has 1 heterocycles. The smallest absolute Gasteiger partial charge is 0.163 e. The average molecular weight is 388 g/mol. The largest absolute Gasteiger partial charge is 0.497 e. The van der Waals surface area contributed by atoms with Crippen LogP contribution in [0.25, 0.3) is 0 Å². The molecule has 1 aliphatic rings. The predicted molar refractivity (Wildman–Crippen MR) is 112 cm³/mol. The van der Waals surface area contributed by atoms with Crippen molar-refractivity contribution < 1.29 is 19.0 Å². The maximum atomic E-state index is 12.0. The maximum Gasteiger partial charge on any atom is 0.163 e. The fraction of sp³-hybridized carbons (Fsp3) is 0.240. The molecule has 0 saturated carbocycles. The number of carbonyl (C=O) groups is 1. The topological polar surface area (TPSA) is 44.8 Å². The van der Waals surface area contributed by atoms with Crippen LogP contribution in [0.15, 0.2) is 60.7 Å². The minimum Gasteiger partial charge on any atom is -0.497 e. The summed E-state index contributed by atoms with van der Waals surface area (Å²) in [5.74, 6) is 2.48. The van der Waals surface area contributed by atoms with E-state index >= 15 is 0 Å². The van der Waals surface area contributed by atoms with Gasteiger partial charge in [-0.05, 0) is 61.4 Å². The average Bonchev–Trinajstić information content (AvgIpc) is 3.12. The van der Waals surface area contributed by atoms with Crippen LogP contribution in [0.4, 0.5) is 0 Å². The zero-order valence-corrected chi connectivity index (χ0v) is 17.1. The molecule has 4 rings (SSSR count). The quantitative estimate of drug-likeness (QED) is 0.571. The second kappa shape index (κ2) is 7.28. The second-order valence-electron chi connectivity index (χ2n) is 7.39. The first-order valence-corrected chi connectivity index (χ1v) is 9.59. The molecule has 0 aliphatic carbocycles. The van der Waals surface area contributed by atoms with Crippen molar-refractivity contribution in [3.05, 3.63) is 88.5 Å². The normalized spacial score (nSPS) is 14.1. The Kier molecular flexibility index (Phi) is 4.79. The molecule has 3 aromatic carbocycles. The van der Waals surface area contributed by atoms with Crippen LogP contribution in [0.1, 0.15) is 39.5 Å². The van der Waals surface area contributed by atoms with Crippen molar-refractivity contribution in [1.82, 2.24) is 0 Å². The first kappa shape index (κ1) is 19.1. The fourth-order valence-electron chi connectivity index (χ4n) is 4.04. The summed E-state index contributed by atoms with van der Waals surface area (Å²) in [5, 5.41) is 0. The van der Waals surface area contributed by atoms with Gasteiger partial charge in [0.25, 0.3) is 0 Å². The van der Waals surface area contributed by atoms with Crippen molar-refractivity contribution in [3.63, 3.8) is 0 Å². The first-order chi connectivity index (χ1) is 14.0. The Morgan fingerprint density at radius 1 is 0.897 bits per heavy atom. The minimum absolute atomic E-state index is 0.0664. The summed E-state index contributed by atoms with van der Waals surface area (Å²) in [4.78, 5) is 12.0. The van der Waals surface area contributed by atoms with Gasteiger partial charge in [0.1, 0.15) is 17.2 Å². The second-order valence-corrected chi connectivity index (χ2v) is 7.39. The molecule has 0 N–H and O–H groups in total. The third kappa shape index (κ3) is 3.25. The van der Waals surface area contributed by atoms with Crippen molar-refractivity contribution >= 4 is 5.78 Å². The Morgan fingerprint density at radius 2 is 1.41 bits per heavy atom. The SMILES string of the molecule is COc1ccc(C2(c3ccc(OC)cc3)Cc3cc(C(C)=O)c(C)cc3O2)cc1. The highest BCUT2D eigenvalue weighted by Crippen LogP contribution is 2.47. The lowest BCUT2D eigenvalue weighted by Gasteiger charge is -2.30. The van der Waals surface area contributed by atoms with Crippen LogP contribution in [-0.2, 0) is 12.0 Å². The lowest BCUT2D eigenvalue weighted by atomic mass is 9.82. The van der Waals surface area contributed by atoms with E-state index in [9.17, 15) is 4.79 Å². The number of fused-ring (bicyclic) bond motifs is 1. The standard InChI is InChI=1S/C25H24O4/c1-16-13-24-18(14-23(16)17(2)26)15-25(29-24,19-5-9-21(27-3)10-6-19)20-7-11-22(28-4)12-8-20/h5-14H,15H2,1-4H3. The lowest BCUT2D eigenvalue weighted by molar-refractivity contribution is 0.101. The number of Topliss-reactive ketones (excluding diaryl/α,β-unsaturated/α-hetero) is 1. The van der Waals surface area contributed by atoms with Gasteiger partial charge in [-0.3, -0.25) is 4.79 Å². The molecular weight excluding hydrogens is 364 g/mol. The summed E-state index contributed by atoms with van der Waals surface area (Å²) in [7, 11) is 3.31. The highest BCUT2D eigenvalue weighted by atomic mass is 16.5. The van der Waals surface area contributed by atoms with E-state index in [1.54, 1.807) is 21.1 Å². The molecule has 0 saturated heterocycles. The lowest BCUT2D eigenvalue weighted by Crippen LogP contribution is -2.32. The minimum atomic E-state index is -0.678. The number of benzene rings is 3. The number of rotatable bonds is 5. The molecule has 0 aromatic heterocycles. The Hall–Kier alpha value is -3.27. The van der Waals surface area contributed by atoms with Crippen LogP contribution in [0.3, 0.4) is 0 Å². The molecule has 4 heteroatoms. The van der Waals surface area contributed by atoms with Gasteiger partial charge in [0.05, 0.1) is 14.2 Å². The van der Waals surface area contributed by atoms with Gasteiger partial charge in [-0.1, -0.05) is 24.3 Å². The Labute approximate surface area is 171 Å². The number of aryl methyl sites for hydroxylation is 1. The van der Waals surface area contributed by atoms with Gasteiger partial charge in [-0.2, -0.15) is 0 Å². The summed E-state index contributed by atoms with van der Waals surface area (Å²) in [6.45, 7) is 3.55. The van der Waals surface area contributed by atoms with Gasteiger partial charge in [0, 0.05) is 23.1 Å². The highest BCUT2D eigenvalue weighted by molar-refractivity contribution is 5.96. The summed E-state index contributed by atoms with van der Waals surface area (Å²) in [5.41, 5.74) is 4.09. The summed E-state index contributed by atoms with van der Waals surface area (Å²) in [6.07, 6.45) is 0.640. The van der Waals surface area contributed by atoms with E-state index < -0.39 is 5.60 Å². The van der Waals surface area contributed by atoms with Crippen LogP contribution in [0.2, 0.25) is 0 Å². The maximum absolute atomic E-state index is 12.0. The Bertz CT molecular complexity index is 1000. The third-order valence-electron chi connectivity index (χ3n) is 5.62. The molecule has 0 radical (unpaired) electrons. The number of methoxy groups -OCH3 is 2. The van der Waals surface area contributed by atoms with Gasteiger partial charge in [0.2, 0.25) is 0 Å². The molecule has 0 spiro atoms. The van der Waals surface area contributed by atoms with Gasteiger partial charge >= 0.3 is 0 Å². The predicted octanol–water partition coefficient (Wildman–Crippen LogP) is 5.09. The molecule has 1 aliphatic heterocycles. The number of ketones is 1. The first-order valence-electron chi connectivity index (χ1n) is 9.59. The third-order valence-corrected chi connectivity index (χ3v) is 5.62. The van der Waals surface area contributed by atoms with E-state index in [1.165, 1.54) is 0 Å². The van der Waals surface area contributed by atoms with Crippen LogP contribution in [0, 0.1) is 6.92 Å². The van der Waals surface area contributed by atoms with Crippen molar-refractivity contribution in [2.24, 2.45) is 0 Å². The van der Waals surface area contributed by atoms with Gasteiger partial charge in [-0.25, -0.2) is 0 Å². The summed E-state index contributed by atoms with van der Waals surface area (Å²) >= 11 is 0. The van der Waals surface area contributed by atoms with Crippen LogP contribution >= 0.6 is 0 Å². The van der Waals surface area contributed by atoms with Gasteiger partial charge in [-0.15, -0.1) is 0 Å². The fourth-order valence-corrected chi connectivity index (χ4v) is 4.04. The summed E-state index contributed by atoms with van der Waals surface area (Å²) < 4.78 is 17.3. The Morgan fingerprint density at radius 3 is 1.86 bits per heavy atom. The molecule has 0 fully saturated rings. The van der Waals surface area contributed by atoms with Gasteiger partial charge in [0.15, 0.2) is 11.4 Å². The van der Waals surface area contributed by atoms with E-state index in [0.29, 0.717) is 6.42 Å². The number of ether oxygens (including phenoxy) is 3. The molecular formula is C25H24O4. The summed E-state index contributed by atoms with van der Waals surface area (Å²) in [6, 6.07) is 19.9. The van der Waals surface area contributed by atoms with Gasteiger partial charge < -0.3 is 14.2 Å². The van der Waals surface area contributed by atoms with Crippen LogP contribution < -0.4 is 14.2 Å². The highest BCUT2D eigenvalue weighted by Gasteiger charge is 2.43. The molecule has 4 nitrogen and oxygen atoms in total. The van der Waals surface area contributed by atoms with Crippen LogP contribution in [-0.4, -0.2) is 20.0 Å². The van der Waals surface area contributed by atoms with Crippen LogP contribution in [0.5, 0.6) is 17.2 Å². The number of hydrogen-bond acceptors (Lipinski definition) is 4. The van der Waals surface area contributed by atoms with E-state index in [4.69, 9.17) is 14.2 Å². The van der Waals surface area contributed by atoms with E-state index in [2.05, 4.69) is 0 Å². The molecule has 29 heavy (non-hydrogen) atoms. The van der Waals surface area contributed by atoms with E-state index in [0.717, 1.165) is 45.1 Å². The zero-order valence-electron chi connectivity index (χ0n) is 17.1. The number of carbonyl (C=O) groups excluding carboxylic acids is 1. The zero-order chi connectivity index (χ0) is 20.6. The Balaban J connectivity index is 1.85. The molecule has 0 atom stereocenters. The van der Waals surface area contributed by atoms with Crippen molar-refractivity contribution in [2.75, 3.05) is 14.2 Å². The monoisotopic (exact) mass is 388 g/mol. The van der Waals surface area contributed by atoms with Crippen molar-refractivity contribution in [1.29, 1.82) is 0 Å². The van der Waals surface area contributed by atoms with Crippen molar-refractivity contribution in [2.45, 2.75) is 25.9 Å². The molecule has 148 valence electrons. The molecule has 0 amide bonds. The number of hydrogen-bond donors (Lipinski definition) is 0. The molecule has 0 bridgehead atoms. The van der Waals surface area contributed by atoms with E-state index in [1.807, 2.05) is 67.6 Å². The molecule has 0 unspecified atom stereocenters. The van der Waals surface area contributed by atoms with Crippen molar-refractivity contribution in [3.8, 4) is 17.2 Å². The van der Waals surface area contributed by atoms with E-state index in [-0.39, 0.29) is 5.78 Å².